The molecule has 0 spiro atoms. The van der Waals surface area contributed by atoms with E-state index in [0.29, 0.717) is 10.5 Å². The molecule has 3 fully saturated rings. The Labute approximate surface area is 262 Å². The van der Waals surface area contributed by atoms with Gasteiger partial charge >= 0.3 is 29.8 Å². The van der Waals surface area contributed by atoms with Crippen molar-refractivity contribution in [1.82, 2.24) is 25.3 Å². The number of urea groups is 1. The molecule has 0 bridgehead atoms. The number of carboxylic acids is 1. The van der Waals surface area contributed by atoms with Crippen LogP contribution >= 0.6 is 11.8 Å². The summed E-state index contributed by atoms with van der Waals surface area (Å²) < 4.78 is 4.58. The number of fused-ring (bicyclic) bond motifs is 1. The Kier molecular flexibility index (Phi) is 8.56. The molecular weight excluding hydrogens is 606 g/mol. The van der Waals surface area contributed by atoms with Crippen molar-refractivity contribution in [3.8, 4) is 5.75 Å². The summed E-state index contributed by atoms with van der Waals surface area (Å²) >= 11 is 1.24. The van der Waals surface area contributed by atoms with Crippen molar-refractivity contribution in [3.63, 3.8) is 0 Å². The van der Waals surface area contributed by atoms with Crippen LogP contribution in [0.25, 0.3) is 0 Å². The van der Waals surface area contributed by atoms with Crippen LogP contribution in [0.1, 0.15) is 42.7 Å². The van der Waals surface area contributed by atoms with Gasteiger partial charge in [-0.2, -0.15) is 0 Å². The number of carboxylic acid groups (broad SMARTS) is 1. The maximum absolute atomic E-state index is 13.7. The van der Waals surface area contributed by atoms with Gasteiger partial charge in [0.2, 0.25) is 11.8 Å². The first-order chi connectivity index (χ1) is 21.3. The molecule has 3 aliphatic rings. The lowest BCUT2D eigenvalue weighted by Crippen LogP contribution is -2.71. The zero-order valence-corrected chi connectivity index (χ0v) is 25.4. The quantitative estimate of drug-likeness (QED) is 0.163. The number of rotatable bonds is 8. The van der Waals surface area contributed by atoms with Crippen molar-refractivity contribution in [2.45, 2.75) is 49.0 Å². The van der Waals surface area contributed by atoms with E-state index in [-0.39, 0.29) is 30.9 Å². The number of imide groups is 1. The molecule has 2 aromatic carbocycles. The van der Waals surface area contributed by atoms with Crippen molar-refractivity contribution in [3.05, 3.63) is 65.7 Å². The van der Waals surface area contributed by atoms with Gasteiger partial charge in [-0.25, -0.2) is 14.4 Å². The number of hydrogen-bond acceptors (Lipinski definition) is 9. The normalized spacial score (nSPS) is 22.7. The molecule has 15 heteroatoms. The van der Waals surface area contributed by atoms with Gasteiger partial charge in [-0.15, -0.1) is 11.8 Å². The third-order valence-corrected chi connectivity index (χ3v) is 9.44. The minimum absolute atomic E-state index is 0.0899. The first-order valence-electron chi connectivity index (χ1n) is 14.2. The van der Waals surface area contributed by atoms with Crippen LogP contribution in [0.15, 0.2) is 54.6 Å². The highest BCUT2D eigenvalue weighted by atomic mass is 32.2. The predicted octanol–water partition coefficient (Wildman–Crippen LogP) is 0.979. The summed E-state index contributed by atoms with van der Waals surface area (Å²) in [5.41, 5.74) is 0.545. The van der Waals surface area contributed by atoms with Gasteiger partial charge in [0.05, 0.1) is 5.56 Å². The molecule has 0 saturated carbocycles. The van der Waals surface area contributed by atoms with Gasteiger partial charge in [0.15, 0.2) is 0 Å². The molecule has 2 unspecified atom stereocenters. The van der Waals surface area contributed by atoms with Crippen LogP contribution in [0, 0.1) is 0 Å². The molecule has 6 amide bonds. The molecule has 3 heterocycles. The van der Waals surface area contributed by atoms with Crippen molar-refractivity contribution in [1.29, 1.82) is 0 Å². The number of likely N-dealkylation sites (N-methyl/N-ethyl adjacent to an activating group) is 1. The Morgan fingerprint density at radius 3 is 2.29 bits per heavy atom. The number of esters is 1. The molecule has 3 aliphatic heterocycles. The summed E-state index contributed by atoms with van der Waals surface area (Å²) in [5.74, 6) is -4.89. The van der Waals surface area contributed by atoms with Crippen molar-refractivity contribution < 1.29 is 43.4 Å². The topological polar surface area (TPSA) is 183 Å². The lowest BCUT2D eigenvalue weighted by Gasteiger charge is -2.44. The first kappa shape index (κ1) is 31.5. The monoisotopic (exact) mass is 637 g/mol. The number of carbonyl (C=O) groups is 7. The molecule has 3 N–H and O–H groups in total. The molecule has 4 atom stereocenters. The molecule has 5 rings (SSSR count). The standard InChI is InChI=1S/C30H31N5O9S/c1-4-33-14-15-34(25(39)24(33)38)29(43)32-19(16-10-12-18(13-11-16)44-28(42)17-8-6-5-7-9-17)22(36)31-20-23(37)35-21(27(40)41)30(2,3)45-26(20)35/h5-13,19-21,26H,4,14-15H2,1-3H3,(H,31,36)(H,32,43)(H,40,41)/t19?,20?,21-,26+/m0/s1. The van der Waals surface area contributed by atoms with Crippen LogP contribution in [-0.2, 0) is 24.0 Å². The summed E-state index contributed by atoms with van der Waals surface area (Å²) in [6.07, 6.45) is 0. The average Bonchev–Trinajstić information content (AvgIpc) is 3.28. The Morgan fingerprint density at radius 1 is 1.00 bits per heavy atom. The van der Waals surface area contributed by atoms with Crippen molar-refractivity contribution in [2.24, 2.45) is 0 Å². The maximum Gasteiger partial charge on any atom is 0.343 e. The highest BCUT2D eigenvalue weighted by molar-refractivity contribution is 8.01. The molecule has 14 nitrogen and oxygen atoms in total. The van der Waals surface area contributed by atoms with E-state index in [1.54, 1.807) is 51.1 Å². The van der Waals surface area contributed by atoms with Crippen LogP contribution in [0.4, 0.5) is 4.79 Å². The predicted molar refractivity (Wildman–Crippen MR) is 159 cm³/mol. The number of β-lactam (4-membered cyclic amide) rings is 1. The van der Waals surface area contributed by atoms with Crippen LogP contribution in [0.5, 0.6) is 5.75 Å². The molecule has 0 radical (unpaired) electrons. The summed E-state index contributed by atoms with van der Waals surface area (Å²) in [7, 11) is 0. The summed E-state index contributed by atoms with van der Waals surface area (Å²) in [6.45, 7) is 5.43. The van der Waals surface area contributed by atoms with Gasteiger partial charge in [-0.05, 0) is 50.6 Å². The highest BCUT2D eigenvalue weighted by Gasteiger charge is 2.64. The van der Waals surface area contributed by atoms with E-state index in [9.17, 15) is 38.7 Å². The zero-order chi connectivity index (χ0) is 32.6. The smallest absolute Gasteiger partial charge is 0.343 e. The Balaban J connectivity index is 1.36. The molecular formula is C30H31N5O9S. The van der Waals surface area contributed by atoms with E-state index in [1.807, 2.05) is 0 Å². The lowest BCUT2D eigenvalue weighted by atomic mass is 9.95. The Morgan fingerprint density at radius 2 is 1.67 bits per heavy atom. The number of carbonyl (C=O) groups excluding carboxylic acids is 6. The summed E-state index contributed by atoms with van der Waals surface area (Å²) in [6, 6.07) is 9.42. The first-order valence-corrected chi connectivity index (χ1v) is 15.0. The minimum Gasteiger partial charge on any atom is -0.480 e. The second-order valence-corrected chi connectivity index (χ2v) is 12.9. The molecule has 0 aromatic heterocycles. The minimum atomic E-state index is -1.44. The van der Waals surface area contributed by atoms with Gasteiger partial charge in [0, 0.05) is 24.4 Å². The molecule has 3 saturated heterocycles. The van der Waals surface area contributed by atoms with E-state index < -0.39 is 69.8 Å². The van der Waals surface area contributed by atoms with E-state index in [1.165, 1.54) is 45.8 Å². The largest absolute Gasteiger partial charge is 0.480 e. The second kappa shape index (κ2) is 12.2. The van der Waals surface area contributed by atoms with E-state index in [4.69, 9.17) is 4.74 Å². The van der Waals surface area contributed by atoms with Crippen LogP contribution in [-0.4, -0.2) is 103 Å². The number of hydrogen-bond donors (Lipinski definition) is 3. The maximum atomic E-state index is 13.7. The van der Waals surface area contributed by atoms with Crippen LogP contribution < -0.4 is 15.4 Å². The molecule has 236 valence electrons. The Bertz CT molecular complexity index is 1570. The fraction of sp³-hybridized carbons (Fsp3) is 0.367. The van der Waals surface area contributed by atoms with E-state index in [2.05, 4.69) is 10.6 Å². The van der Waals surface area contributed by atoms with Gasteiger partial charge < -0.3 is 30.3 Å². The molecule has 0 aliphatic carbocycles. The summed E-state index contributed by atoms with van der Waals surface area (Å²) in [5, 5.41) is 14.2. The van der Waals surface area contributed by atoms with E-state index in [0.717, 1.165) is 0 Å². The average molecular weight is 638 g/mol. The third-order valence-electron chi connectivity index (χ3n) is 7.87. The number of aliphatic carboxylic acids is 1. The van der Waals surface area contributed by atoms with Gasteiger partial charge in [0.25, 0.3) is 0 Å². The number of thioether (sulfide) groups is 1. The van der Waals surface area contributed by atoms with E-state index >= 15 is 0 Å². The molecule has 45 heavy (non-hydrogen) atoms. The Hall–Kier alpha value is -4.92. The van der Waals surface area contributed by atoms with Gasteiger partial charge in [-0.1, -0.05) is 30.3 Å². The number of nitrogens with one attached hydrogen (secondary N) is 2. The molecule has 2 aromatic rings. The van der Waals surface area contributed by atoms with Gasteiger partial charge in [0.1, 0.15) is 29.2 Å². The van der Waals surface area contributed by atoms with Crippen LogP contribution in [0.2, 0.25) is 0 Å². The van der Waals surface area contributed by atoms with Crippen molar-refractivity contribution >= 4 is 53.4 Å². The zero-order valence-electron chi connectivity index (χ0n) is 24.6. The number of piperazine rings is 1. The SMILES string of the molecule is CCN1CCN(C(=O)NC(C(=O)NC2C(=O)N3[C@@H]2SC(C)(C)[C@@H]3C(=O)O)c2ccc(OC(=O)c3ccccc3)cc2)C(=O)C1=O. The summed E-state index contributed by atoms with van der Waals surface area (Å²) in [4.78, 5) is 92.6. The fourth-order valence-electron chi connectivity index (χ4n) is 5.52. The number of nitrogens with zero attached hydrogens (tertiary/aromatic N) is 3. The van der Waals surface area contributed by atoms with Crippen LogP contribution in [0.3, 0.4) is 0 Å². The number of ether oxygens (including phenoxy) is 1. The number of amides is 6. The lowest BCUT2D eigenvalue weighted by molar-refractivity contribution is -0.161. The fourth-order valence-corrected chi connectivity index (χ4v) is 7.15. The second-order valence-electron chi connectivity index (χ2n) is 11.1. The van der Waals surface area contributed by atoms with Gasteiger partial charge in [-0.3, -0.25) is 24.1 Å². The highest BCUT2D eigenvalue weighted by Crippen LogP contribution is 2.50. The number of benzene rings is 2. The third kappa shape index (κ3) is 5.94. The van der Waals surface area contributed by atoms with Crippen molar-refractivity contribution in [2.75, 3.05) is 19.6 Å².